The molecule has 19 heavy (non-hydrogen) atoms. The molecule has 3 nitrogen and oxygen atoms in total. The summed E-state index contributed by atoms with van der Waals surface area (Å²) in [5.74, 6) is 0.557. The van der Waals surface area contributed by atoms with Gasteiger partial charge in [-0.3, -0.25) is 4.79 Å². The second-order valence-electron chi connectivity index (χ2n) is 4.35. The Morgan fingerprint density at radius 1 is 1.00 bits per heavy atom. The number of rotatable bonds is 4. The lowest BCUT2D eigenvalue weighted by molar-refractivity contribution is -0.122. The number of hydrogen-bond donors (Lipinski definition) is 1. The first kappa shape index (κ1) is 13.1. The van der Waals surface area contributed by atoms with Gasteiger partial charge in [0, 0.05) is 7.05 Å². The van der Waals surface area contributed by atoms with Gasteiger partial charge in [-0.2, -0.15) is 0 Å². The first-order chi connectivity index (χ1) is 9.19. The molecule has 0 radical (unpaired) electrons. The Morgan fingerprint density at radius 2 is 1.53 bits per heavy atom. The molecule has 1 N–H and O–H groups in total. The number of benzene rings is 2. The number of nitrogens with one attached hydrogen (secondary N) is 1. The highest BCUT2D eigenvalue weighted by Gasteiger charge is 2.01. The fourth-order valence-corrected chi connectivity index (χ4v) is 1.71. The van der Waals surface area contributed by atoms with Crippen molar-refractivity contribution in [1.82, 2.24) is 5.32 Å². The predicted octanol–water partition coefficient (Wildman–Crippen LogP) is 2.79. The van der Waals surface area contributed by atoms with Gasteiger partial charge in [-0.25, -0.2) is 0 Å². The highest BCUT2D eigenvalue weighted by atomic mass is 16.5. The van der Waals surface area contributed by atoms with Gasteiger partial charge in [0.25, 0.3) is 5.91 Å². The van der Waals surface area contributed by atoms with E-state index in [2.05, 4.69) is 36.5 Å². The Labute approximate surface area is 113 Å². The largest absolute Gasteiger partial charge is 0.484 e. The maximum atomic E-state index is 11.1. The third-order valence-corrected chi connectivity index (χ3v) is 2.89. The Hall–Kier alpha value is -2.29. The van der Waals surface area contributed by atoms with Gasteiger partial charge in [0.15, 0.2) is 6.61 Å². The minimum absolute atomic E-state index is 0.0420. The molecular formula is C16H17NO2. The van der Waals surface area contributed by atoms with E-state index in [1.54, 1.807) is 7.05 Å². The number of carbonyl (C=O) groups excluding carboxylic acids is 1. The summed E-state index contributed by atoms with van der Waals surface area (Å²) < 4.78 is 5.36. The first-order valence-electron chi connectivity index (χ1n) is 6.19. The van der Waals surface area contributed by atoms with E-state index in [4.69, 9.17) is 4.74 Å². The molecule has 0 heterocycles. The molecule has 1 amide bonds. The Morgan fingerprint density at radius 3 is 2.05 bits per heavy atom. The summed E-state index contributed by atoms with van der Waals surface area (Å²) in [4.78, 5) is 11.1. The molecular weight excluding hydrogens is 238 g/mol. The zero-order chi connectivity index (χ0) is 13.7. The van der Waals surface area contributed by atoms with Crippen molar-refractivity contribution in [3.63, 3.8) is 0 Å². The normalized spacial score (nSPS) is 10.0. The summed E-state index contributed by atoms with van der Waals surface area (Å²) in [7, 11) is 1.59. The van der Waals surface area contributed by atoms with Crippen molar-refractivity contribution in [2.45, 2.75) is 6.92 Å². The van der Waals surface area contributed by atoms with Crippen LogP contribution in [0.25, 0.3) is 11.1 Å². The SMILES string of the molecule is CNC(=O)COc1ccc(-c2ccc(C)cc2)cc1. The topological polar surface area (TPSA) is 38.3 Å². The molecule has 0 aliphatic heterocycles. The van der Waals surface area contributed by atoms with Crippen LogP contribution in [-0.4, -0.2) is 19.6 Å². The second kappa shape index (κ2) is 6.05. The molecule has 0 aliphatic carbocycles. The smallest absolute Gasteiger partial charge is 0.257 e. The molecule has 0 bridgehead atoms. The van der Waals surface area contributed by atoms with Crippen molar-refractivity contribution < 1.29 is 9.53 Å². The van der Waals surface area contributed by atoms with Gasteiger partial charge in [-0.1, -0.05) is 42.0 Å². The number of carbonyl (C=O) groups is 1. The summed E-state index contributed by atoms with van der Waals surface area (Å²) in [6.45, 7) is 2.11. The van der Waals surface area contributed by atoms with E-state index < -0.39 is 0 Å². The van der Waals surface area contributed by atoms with Crippen LogP contribution in [0.3, 0.4) is 0 Å². The van der Waals surface area contributed by atoms with Gasteiger partial charge in [0.05, 0.1) is 0 Å². The van der Waals surface area contributed by atoms with E-state index in [0.717, 1.165) is 5.56 Å². The molecule has 0 saturated heterocycles. The van der Waals surface area contributed by atoms with Crippen LogP contribution in [0.15, 0.2) is 48.5 Å². The molecule has 98 valence electrons. The summed E-state index contributed by atoms with van der Waals surface area (Å²) in [5, 5.41) is 2.51. The molecule has 0 spiro atoms. The summed E-state index contributed by atoms with van der Waals surface area (Å²) >= 11 is 0. The molecule has 0 aromatic heterocycles. The van der Waals surface area contributed by atoms with Crippen LogP contribution in [0.4, 0.5) is 0 Å². The van der Waals surface area contributed by atoms with E-state index in [1.807, 2.05) is 24.3 Å². The molecule has 0 aliphatic rings. The quantitative estimate of drug-likeness (QED) is 0.912. The molecule has 2 rings (SSSR count). The average Bonchev–Trinajstić information content (AvgIpc) is 2.46. The summed E-state index contributed by atoms with van der Waals surface area (Å²) in [6.07, 6.45) is 0. The number of likely N-dealkylation sites (N-methyl/N-ethyl adjacent to an activating group) is 1. The van der Waals surface area contributed by atoms with Crippen LogP contribution in [0.1, 0.15) is 5.56 Å². The monoisotopic (exact) mass is 255 g/mol. The van der Waals surface area contributed by atoms with Crippen molar-refractivity contribution in [2.75, 3.05) is 13.7 Å². The van der Waals surface area contributed by atoms with E-state index in [-0.39, 0.29) is 12.5 Å². The fraction of sp³-hybridized carbons (Fsp3) is 0.188. The van der Waals surface area contributed by atoms with Crippen LogP contribution in [-0.2, 0) is 4.79 Å². The molecule has 2 aromatic rings. The van der Waals surface area contributed by atoms with E-state index in [0.29, 0.717) is 5.75 Å². The van der Waals surface area contributed by atoms with Crippen LogP contribution >= 0.6 is 0 Å². The van der Waals surface area contributed by atoms with Gasteiger partial charge < -0.3 is 10.1 Å². The maximum Gasteiger partial charge on any atom is 0.257 e. The zero-order valence-corrected chi connectivity index (χ0v) is 11.1. The molecule has 2 aromatic carbocycles. The fourth-order valence-electron chi connectivity index (χ4n) is 1.71. The van der Waals surface area contributed by atoms with Gasteiger partial charge in [0.1, 0.15) is 5.75 Å². The second-order valence-corrected chi connectivity index (χ2v) is 4.35. The van der Waals surface area contributed by atoms with Crippen LogP contribution in [0, 0.1) is 6.92 Å². The van der Waals surface area contributed by atoms with Crippen molar-refractivity contribution in [2.24, 2.45) is 0 Å². The Kier molecular flexibility index (Phi) is 4.18. The molecule has 0 saturated carbocycles. The minimum atomic E-state index is -0.136. The zero-order valence-electron chi connectivity index (χ0n) is 11.1. The molecule has 0 fully saturated rings. The highest BCUT2D eigenvalue weighted by Crippen LogP contribution is 2.22. The lowest BCUT2D eigenvalue weighted by Gasteiger charge is -2.07. The maximum absolute atomic E-state index is 11.1. The van der Waals surface area contributed by atoms with Crippen LogP contribution in [0.5, 0.6) is 5.75 Å². The number of aryl methyl sites for hydroxylation is 1. The van der Waals surface area contributed by atoms with Crippen molar-refractivity contribution in [1.29, 1.82) is 0 Å². The molecule has 0 unspecified atom stereocenters. The number of hydrogen-bond acceptors (Lipinski definition) is 2. The van der Waals surface area contributed by atoms with Crippen molar-refractivity contribution >= 4 is 5.91 Å². The van der Waals surface area contributed by atoms with Crippen molar-refractivity contribution in [3.05, 3.63) is 54.1 Å². The predicted molar refractivity (Wildman–Crippen MR) is 76.2 cm³/mol. The lowest BCUT2D eigenvalue weighted by Crippen LogP contribution is -2.24. The van der Waals surface area contributed by atoms with Crippen LogP contribution in [0.2, 0.25) is 0 Å². The van der Waals surface area contributed by atoms with E-state index >= 15 is 0 Å². The standard InChI is InChI=1S/C16H17NO2/c1-12-3-5-13(6-4-12)14-7-9-15(10-8-14)19-11-16(18)17-2/h3-10H,11H2,1-2H3,(H,17,18). The Bertz CT molecular complexity index is 544. The van der Waals surface area contributed by atoms with Gasteiger partial charge in [0.2, 0.25) is 0 Å². The number of ether oxygens (including phenoxy) is 1. The average molecular weight is 255 g/mol. The van der Waals surface area contributed by atoms with E-state index in [9.17, 15) is 4.79 Å². The first-order valence-corrected chi connectivity index (χ1v) is 6.19. The van der Waals surface area contributed by atoms with Gasteiger partial charge >= 0.3 is 0 Å². The van der Waals surface area contributed by atoms with Crippen LogP contribution < -0.4 is 10.1 Å². The third kappa shape index (κ3) is 3.58. The number of amides is 1. The molecule has 3 heteroatoms. The van der Waals surface area contributed by atoms with Crippen molar-refractivity contribution in [3.8, 4) is 16.9 Å². The summed E-state index contributed by atoms with van der Waals surface area (Å²) in [6, 6.07) is 16.1. The minimum Gasteiger partial charge on any atom is -0.484 e. The summed E-state index contributed by atoms with van der Waals surface area (Å²) in [5.41, 5.74) is 3.55. The highest BCUT2D eigenvalue weighted by molar-refractivity contribution is 5.77. The Balaban J connectivity index is 2.06. The molecule has 0 atom stereocenters. The third-order valence-electron chi connectivity index (χ3n) is 2.89. The van der Waals surface area contributed by atoms with Gasteiger partial charge in [-0.15, -0.1) is 0 Å². The lowest BCUT2D eigenvalue weighted by atomic mass is 10.0. The van der Waals surface area contributed by atoms with E-state index in [1.165, 1.54) is 11.1 Å². The van der Waals surface area contributed by atoms with Gasteiger partial charge in [-0.05, 0) is 30.2 Å².